The van der Waals surface area contributed by atoms with Crippen molar-refractivity contribution in [1.82, 2.24) is 5.32 Å². The molecule has 8 nitrogen and oxygen atoms in total. The van der Waals surface area contributed by atoms with E-state index in [2.05, 4.69) is 5.32 Å². The minimum atomic E-state index is -1.41. The van der Waals surface area contributed by atoms with E-state index in [1.807, 2.05) is 0 Å². The lowest BCUT2D eigenvalue weighted by molar-refractivity contribution is -0.148. The smallest absolute Gasteiger partial charge is 0.451 e. The van der Waals surface area contributed by atoms with Gasteiger partial charge in [-0.2, -0.15) is 0 Å². The van der Waals surface area contributed by atoms with Crippen molar-refractivity contribution in [3.05, 3.63) is 0 Å². The summed E-state index contributed by atoms with van der Waals surface area (Å²) in [5, 5.41) is 29.8. The Balaban J connectivity index is 0. The van der Waals surface area contributed by atoms with E-state index < -0.39 is 18.6 Å². The molecule has 136 valence electrons. The normalized spacial score (nSPS) is 26.4. The van der Waals surface area contributed by atoms with Gasteiger partial charge < -0.3 is 31.9 Å². The SMILES string of the molecule is Cl.Cl.NCC(=O)NC[C@@H]1CC[C@@H](CCB(O)O)C[C@]1(N)C(=O)O. The summed E-state index contributed by atoms with van der Waals surface area (Å²) in [7, 11) is -1.39. The van der Waals surface area contributed by atoms with E-state index in [0.29, 0.717) is 12.8 Å². The van der Waals surface area contributed by atoms with Crippen molar-refractivity contribution in [2.75, 3.05) is 13.1 Å². The zero-order valence-corrected chi connectivity index (χ0v) is 14.4. The van der Waals surface area contributed by atoms with Crippen LogP contribution in [0.2, 0.25) is 6.32 Å². The molecule has 1 amide bonds. The van der Waals surface area contributed by atoms with Crippen LogP contribution in [0.1, 0.15) is 25.7 Å². The zero-order valence-electron chi connectivity index (χ0n) is 12.8. The summed E-state index contributed by atoms with van der Waals surface area (Å²) in [5.41, 5.74) is 9.85. The molecule has 0 aromatic rings. The third-order valence-electron chi connectivity index (χ3n) is 4.24. The maximum Gasteiger partial charge on any atom is 0.451 e. The van der Waals surface area contributed by atoms with Crippen molar-refractivity contribution in [3.8, 4) is 0 Å². The molecule has 0 radical (unpaired) electrons. The lowest BCUT2D eigenvalue weighted by Crippen LogP contribution is -2.60. The topological polar surface area (TPSA) is 159 Å². The van der Waals surface area contributed by atoms with Crippen LogP contribution < -0.4 is 16.8 Å². The van der Waals surface area contributed by atoms with E-state index in [4.69, 9.17) is 21.5 Å². The molecule has 0 aromatic heterocycles. The molecule has 23 heavy (non-hydrogen) atoms. The summed E-state index contributed by atoms with van der Waals surface area (Å²) >= 11 is 0. The highest BCUT2D eigenvalue weighted by atomic mass is 35.5. The molecule has 0 bridgehead atoms. The maximum absolute atomic E-state index is 11.5. The number of nitrogens with one attached hydrogen (secondary N) is 1. The Morgan fingerprint density at radius 2 is 1.87 bits per heavy atom. The Morgan fingerprint density at radius 1 is 1.26 bits per heavy atom. The first kappa shape index (κ1) is 24.7. The van der Waals surface area contributed by atoms with Gasteiger partial charge in [-0.25, -0.2) is 0 Å². The van der Waals surface area contributed by atoms with Crippen molar-refractivity contribution < 1.29 is 24.7 Å². The van der Waals surface area contributed by atoms with Crippen LogP contribution in [0.5, 0.6) is 0 Å². The number of carboxylic acid groups (broad SMARTS) is 1. The Hall–Kier alpha value is -0.575. The van der Waals surface area contributed by atoms with E-state index in [9.17, 15) is 14.7 Å². The Morgan fingerprint density at radius 3 is 2.35 bits per heavy atom. The molecular weight excluding hydrogens is 348 g/mol. The molecule has 0 unspecified atom stereocenters. The minimum absolute atomic E-state index is 0. The molecule has 1 fully saturated rings. The lowest BCUT2D eigenvalue weighted by atomic mass is 9.66. The summed E-state index contributed by atoms with van der Waals surface area (Å²) in [6.07, 6.45) is 2.31. The van der Waals surface area contributed by atoms with Gasteiger partial charge >= 0.3 is 13.1 Å². The van der Waals surface area contributed by atoms with Gasteiger partial charge in [0, 0.05) is 12.5 Å². The molecule has 0 spiro atoms. The number of amides is 1. The van der Waals surface area contributed by atoms with Crippen molar-refractivity contribution in [1.29, 1.82) is 0 Å². The van der Waals surface area contributed by atoms with E-state index in [0.717, 1.165) is 6.42 Å². The Kier molecular flexibility index (Phi) is 11.9. The van der Waals surface area contributed by atoms with Crippen LogP contribution in [0.25, 0.3) is 0 Å². The number of carbonyl (C=O) groups is 2. The quantitative estimate of drug-likeness (QED) is 0.311. The second-order valence-electron chi connectivity index (χ2n) is 5.76. The number of aliphatic carboxylic acids is 1. The van der Waals surface area contributed by atoms with Gasteiger partial charge in [0.05, 0.1) is 6.54 Å². The number of halogens is 2. The van der Waals surface area contributed by atoms with E-state index in [1.165, 1.54) is 0 Å². The third kappa shape index (κ3) is 7.24. The predicted octanol–water partition coefficient (Wildman–Crippen LogP) is -1.03. The van der Waals surface area contributed by atoms with Gasteiger partial charge in [0.1, 0.15) is 5.54 Å². The average molecular weight is 374 g/mol. The van der Waals surface area contributed by atoms with Crippen molar-refractivity contribution in [2.45, 2.75) is 37.5 Å². The molecule has 1 aliphatic carbocycles. The van der Waals surface area contributed by atoms with Crippen LogP contribution in [0.15, 0.2) is 0 Å². The Bertz CT molecular complexity index is 392. The number of hydrogen-bond donors (Lipinski definition) is 6. The van der Waals surface area contributed by atoms with Gasteiger partial charge in [-0.1, -0.05) is 6.42 Å². The van der Waals surface area contributed by atoms with Gasteiger partial charge in [-0.05, 0) is 31.5 Å². The summed E-state index contributed by atoms with van der Waals surface area (Å²) in [5.74, 6) is -1.76. The molecule has 3 atom stereocenters. The van der Waals surface area contributed by atoms with Crippen LogP contribution in [-0.4, -0.2) is 52.8 Å². The Labute approximate surface area is 148 Å². The minimum Gasteiger partial charge on any atom is -0.480 e. The molecule has 11 heteroatoms. The van der Waals surface area contributed by atoms with E-state index >= 15 is 0 Å². The second-order valence-corrected chi connectivity index (χ2v) is 5.76. The fourth-order valence-corrected chi connectivity index (χ4v) is 2.93. The predicted molar refractivity (Wildman–Crippen MR) is 91.6 cm³/mol. The maximum atomic E-state index is 11.5. The second kappa shape index (κ2) is 11.1. The molecule has 1 rings (SSSR count). The fraction of sp³-hybridized carbons (Fsp3) is 0.833. The fourth-order valence-electron chi connectivity index (χ4n) is 2.93. The van der Waals surface area contributed by atoms with Crippen molar-refractivity contribution >= 4 is 43.8 Å². The summed E-state index contributed by atoms with van der Waals surface area (Å²) in [6.45, 7) is 0.0442. The first-order valence-electron chi connectivity index (χ1n) is 7.14. The summed E-state index contributed by atoms with van der Waals surface area (Å²) < 4.78 is 0. The largest absolute Gasteiger partial charge is 0.480 e. The standard InChI is InChI=1S/C12H24BN3O5.2ClH/c14-6-10(17)16-7-9-2-1-8(3-4-13(20)21)5-12(9,15)11(18)19;;/h8-9,20-21H,1-7,14-15H2,(H,16,17)(H,18,19);2*1H/t8-,9-,12+;;/m0../s1. The molecule has 0 heterocycles. The van der Waals surface area contributed by atoms with Crippen LogP contribution in [0, 0.1) is 11.8 Å². The van der Waals surface area contributed by atoms with Crippen LogP contribution >= 0.6 is 24.8 Å². The zero-order chi connectivity index (χ0) is 16.0. The summed E-state index contributed by atoms with van der Waals surface area (Å²) in [6, 6.07) is 0. The van der Waals surface area contributed by atoms with E-state index in [-0.39, 0.29) is 68.4 Å². The number of nitrogens with two attached hydrogens (primary N) is 2. The highest BCUT2D eigenvalue weighted by Crippen LogP contribution is 2.37. The highest BCUT2D eigenvalue weighted by molar-refractivity contribution is 6.40. The number of hydrogen-bond acceptors (Lipinski definition) is 6. The van der Waals surface area contributed by atoms with Crippen LogP contribution in [0.3, 0.4) is 0 Å². The highest BCUT2D eigenvalue weighted by Gasteiger charge is 2.46. The summed E-state index contributed by atoms with van der Waals surface area (Å²) in [4.78, 5) is 22.7. The van der Waals surface area contributed by atoms with Crippen molar-refractivity contribution in [3.63, 3.8) is 0 Å². The number of carboxylic acids is 1. The van der Waals surface area contributed by atoms with Gasteiger partial charge in [0.15, 0.2) is 0 Å². The first-order chi connectivity index (χ1) is 9.79. The lowest BCUT2D eigenvalue weighted by Gasteiger charge is -2.41. The molecular formula is C12H26BCl2N3O5. The van der Waals surface area contributed by atoms with Gasteiger partial charge in [0.2, 0.25) is 5.91 Å². The third-order valence-corrected chi connectivity index (χ3v) is 4.24. The number of carbonyl (C=O) groups excluding carboxylic acids is 1. The first-order valence-corrected chi connectivity index (χ1v) is 7.14. The number of rotatable bonds is 7. The van der Waals surface area contributed by atoms with Crippen LogP contribution in [-0.2, 0) is 9.59 Å². The molecule has 0 saturated heterocycles. The molecule has 0 aromatic carbocycles. The molecule has 1 aliphatic rings. The van der Waals surface area contributed by atoms with Gasteiger partial charge in [-0.3, -0.25) is 9.59 Å². The average Bonchev–Trinajstić information content (AvgIpc) is 2.43. The van der Waals surface area contributed by atoms with Crippen molar-refractivity contribution in [2.24, 2.45) is 23.3 Å². The van der Waals surface area contributed by atoms with E-state index in [1.54, 1.807) is 0 Å². The molecule has 1 saturated carbocycles. The van der Waals surface area contributed by atoms with Gasteiger partial charge in [0.25, 0.3) is 0 Å². The molecule has 0 aliphatic heterocycles. The van der Waals surface area contributed by atoms with Crippen LogP contribution in [0.4, 0.5) is 0 Å². The monoisotopic (exact) mass is 373 g/mol. The van der Waals surface area contributed by atoms with Gasteiger partial charge in [-0.15, -0.1) is 24.8 Å². The molecule has 8 N–H and O–H groups in total.